The number of fused-ring (bicyclic) bond motifs is 1. The summed E-state index contributed by atoms with van der Waals surface area (Å²) < 4.78 is 15.1. The first kappa shape index (κ1) is 15.6. The van der Waals surface area contributed by atoms with Gasteiger partial charge in [0.25, 0.3) is 0 Å². The van der Waals surface area contributed by atoms with E-state index < -0.39 is 0 Å². The van der Waals surface area contributed by atoms with Crippen LogP contribution in [0.3, 0.4) is 0 Å². The van der Waals surface area contributed by atoms with Gasteiger partial charge in [0.1, 0.15) is 12.1 Å². The highest BCUT2D eigenvalue weighted by Crippen LogP contribution is 2.36. The third-order valence-electron chi connectivity index (χ3n) is 4.63. The molecule has 0 fully saturated rings. The standard InChI is InChI=1S/C21H14FN5/c22-17-4-1-14(2-5-17)19-11-18(21(26-19)15-7-9-23-10-8-15)16-3-6-20-24-13-25-27(20)12-16/h1-10,12-13H,11H2. The van der Waals surface area contributed by atoms with Crippen LogP contribution in [-0.2, 0) is 0 Å². The Morgan fingerprint density at radius 3 is 2.44 bits per heavy atom. The van der Waals surface area contributed by atoms with Crippen molar-refractivity contribution < 1.29 is 4.39 Å². The Balaban J connectivity index is 1.63. The third kappa shape index (κ3) is 2.81. The van der Waals surface area contributed by atoms with E-state index in [1.807, 2.05) is 30.5 Å². The van der Waals surface area contributed by atoms with Gasteiger partial charge in [0.05, 0.1) is 11.4 Å². The number of aliphatic imine (C=N–C) groups is 1. The molecule has 0 saturated carbocycles. The lowest BCUT2D eigenvalue weighted by atomic mass is 9.97. The van der Waals surface area contributed by atoms with E-state index in [-0.39, 0.29) is 5.82 Å². The number of nitrogens with zero attached hydrogens (tertiary/aromatic N) is 5. The summed E-state index contributed by atoms with van der Waals surface area (Å²) in [5.41, 5.74) is 6.64. The molecule has 4 aromatic rings. The van der Waals surface area contributed by atoms with E-state index in [4.69, 9.17) is 4.99 Å². The molecule has 1 aromatic carbocycles. The molecular weight excluding hydrogens is 341 g/mol. The van der Waals surface area contributed by atoms with Gasteiger partial charge >= 0.3 is 0 Å². The highest BCUT2D eigenvalue weighted by Gasteiger charge is 2.22. The van der Waals surface area contributed by atoms with Gasteiger partial charge in [-0.15, -0.1) is 0 Å². The minimum atomic E-state index is -0.253. The maximum absolute atomic E-state index is 13.3. The second-order valence-corrected chi connectivity index (χ2v) is 6.29. The van der Waals surface area contributed by atoms with Crippen molar-refractivity contribution in [1.82, 2.24) is 19.6 Å². The summed E-state index contributed by atoms with van der Waals surface area (Å²) in [4.78, 5) is 13.2. The van der Waals surface area contributed by atoms with Crippen molar-refractivity contribution in [3.05, 3.63) is 96.0 Å². The van der Waals surface area contributed by atoms with Crippen LogP contribution >= 0.6 is 0 Å². The summed E-state index contributed by atoms with van der Waals surface area (Å²) in [5, 5.41) is 4.23. The molecule has 27 heavy (non-hydrogen) atoms. The lowest BCUT2D eigenvalue weighted by molar-refractivity contribution is 0.628. The van der Waals surface area contributed by atoms with Crippen molar-refractivity contribution in [3.63, 3.8) is 0 Å². The van der Waals surface area contributed by atoms with Crippen LogP contribution in [0.5, 0.6) is 0 Å². The second kappa shape index (κ2) is 6.25. The molecule has 0 radical (unpaired) electrons. The van der Waals surface area contributed by atoms with E-state index in [0.29, 0.717) is 6.42 Å². The molecule has 0 bridgehead atoms. The number of hydrogen-bond acceptors (Lipinski definition) is 4. The summed E-state index contributed by atoms with van der Waals surface area (Å²) >= 11 is 0. The summed E-state index contributed by atoms with van der Waals surface area (Å²) in [6.07, 6.45) is 7.66. The number of aromatic nitrogens is 4. The second-order valence-electron chi connectivity index (χ2n) is 6.29. The Bertz CT molecular complexity index is 1190. The van der Waals surface area contributed by atoms with Crippen LogP contribution in [-0.4, -0.2) is 25.3 Å². The average molecular weight is 355 g/mol. The van der Waals surface area contributed by atoms with E-state index in [9.17, 15) is 4.39 Å². The van der Waals surface area contributed by atoms with Gasteiger partial charge in [-0.25, -0.2) is 13.9 Å². The molecule has 1 aliphatic heterocycles. The topological polar surface area (TPSA) is 55.4 Å². The minimum absolute atomic E-state index is 0.253. The predicted molar refractivity (Wildman–Crippen MR) is 102 cm³/mol. The zero-order chi connectivity index (χ0) is 18.2. The first-order chi connectivity index (χ1) is 13.3. The molecule has 5 rings (SSSR count). The van der Waals surface area contributed by atoms with Gasteiger partial charge in [-0.2, -0.15) is 5.10 Å². The van der Waals surface area contributed by atoms with Crippen LogP contribution < -0.4 is 0 Å². The number of rotatable bonds is 3. The summed E-state index contributed by atoms with van der Waals surface area (Å²) in [6, 6.07) is 14.3. The van der Waals surface area contributed by atoms with E-state index in [1.54, 1.807) is 29.0 Å². The lowest BCUT2D eigenvalue weighted by Crippen LogP contribution is -1.99. The molecule has 130 valence electrons. The van der Waals surface area contributed by atoms with Crippen molar-refractivity contribution in [1.29, 1.82) is 0 Å². The van der Waals surface area contributed by atoms with E-state index >= 15 is 0 Å². The van der Waals surface area contributed by atoms with Crippen molar-refractivity contribution in [2.45, 2.75) is 6.42 Å². The van der Waals surface area contributed by atoms with Crippen LogP contribution in [0.2, 0.25) is 0 Å². The maximum atomic E-state index is 13.3. The van der Waals surface area contributed by atoms with Gasteiger partial charge < -0.3 is 0 Å². The largest absolute Gasteiger partial charge is 0.265 e. The van der Waals surface area contributed by atoms with Crippen LogP contribution in [0, 0.1) is 5.82 Å². The molecule has 3 aromatic heterocycles. The van der Waals surface area contributed by atoms with Crippen LogP contribution in [0.25, 0.3) is 16.9 Å². The SMILES string of the molecule is Fc1ccc(C2=NC(c3ccncc3)=C(c3ccc4ncnn4c3)C2)cc1. The number of benzene rings is 1. The van der Waals surface area contributed by atoms with Crippen LogP contribution in [0.15, 0.2) is 78.4 Å². The number of pyridine rings is 2. The number of allylic oxidation sites excluding steroid dienone is 1. The summed E-state index contributed by atoms with van der Waals surface area (Å²) in [7, 11) is 0. The summed E-state index contributed by atoms with van der Waals surface area (Å²) in [5.74, 6) is -0.253. The fraction of sp³-hybridized carbons (Fsp3) is 0.0476. The first-order valence-electron chi connectivity index (χ1n) is 8.55. The molecule has 0 N–H and O–H groups in total. The molecule has 0 aliphatic carbocycles. The molecule has 0 spiro atoms. The molecule has 0 saturated heterocycles. The zero-order valence-corrected chi connectivity index (χ0v) is 14.2. The quantitative estimate of drug-likeness (QED) is 0.558. The Morgan fingerprint density at radius 1 is 0.852 bits per heavy atom. The molecule has 0 amide bonds. The lowest BCUT2D eigenvalue weighted by Gasteiger charge is -2.07. The van der Waals surface area contributed by atoms with Crippen molar-refractivity contribution >= 4 is 22.6 Å². The highest BCUT2D eigenvalue weighted by atomic mass is 19.1. The van der Waals surface area contributed by atoms with Gasteiger partial charge in [0.15, 0.2) is 5.65 Å². The van der Waals surface area contributed by atoms with Gasteiger partial charge in [-0.1, -0.05) is 12.1 Å². The molecule has 4 heterocycles. The van der Waals surface area contributed by atoms with Crippen LogP contribution in [0.4, 0.5) is 4.39 Å². The number of hydrogen-bond donors (Lipinski definition) is 0. The molecule has 5 nitrogen and oxygen atoms in total. The van der Waals surface area contributed by atoms with Crippen molar-refractivity contribution in [3.8, 4) is 0 Å². The van der Waals surface area contributed by atoms with Gasteiger partial charge in [0, 0.05) is 30.6 Å². The smallest absolute Gasteiger partial charge is 0.155 e. The highest BCUT2D eigenvalue weighted by molar-refractivity contribution is 6.16. The van der Waals surface area contributed by atoms with E-state index in [0.717, 1.165) is 39.3 Å². The van der Waals surface area contributed by atoms with Gasteiger partial charge in [0.2, 0.25) is 0 Å². The Kier molecular flexibility index (Phi) is 3.60. The zero-order valence-electron chi connectivity index (χ0n) is 14.2. The first-order valence-corrected chi connectivity index (χ1v) is 8.55. The normalized spacial score (nSPS) is 14.0. The Morgan fingerprint density at radius 2 is 1.63 bits per heavy atom. The van der Waals surface area contributed by atoms with Gasteiger partial charge in [-0.3, -0.25) is 9.98 Å². The molecule has 0 atom stereocenters. The molecule has 6 heteroatoms. The number of halogens is 1. The average Bonchev–Trinajstić information content (AvgIpc) is 3.36. The van der Waals surface area contributed by atoms with Crippen LogP contribution in [0.1, 0.15) is 23.1 Å². The predicted octanol–water partition coefficient (Wildman–Crippen LogP) is 4.02. The third-order valence-corrected chi connectivity index (χ3v) is 4.63. The van der Waals surface area contributed by atoms with Crippen molar-refractivity contribution in [2.75, 3.05) is 0 Å². The Labute approximate surface area is 154 Å². The molecule has 1 aliphatic rings. The Hall–Kier alpha value is -3.67. The van der Waals surface area contributed by atoms with E-state index in [2.05, 4.69) is 15.1 Å². The fourth-order valence-corrected chi connectivity index (χ4v) is 3.28. The van der Waals surface area contributed by atoms with Gasteiger partial charge in [-0.05, 0) is 53.1 Å². The summed E-state index contributed by atoms with van der Waals surface area (Å²) in [6.45, 7) is 0. The molecular formula is C21H14FN5. The van der Waals surface area contributed by atoms with Crippen molar-refractivity contribution in [2.24, 2.45) is 4.99 Å². The minimum Gasteiger partial charge on any atom is -0.265 e. The fourth-order valence-electron chi connectivity index (χ4n) is 3.28. The monoisotopic (exact) mass is 355 g/mol. The maximum Gasteiger partial charge on any atom is 0.155 e. The molecule has 0 unspecified atom stereocenters. The van der Waals surface area contributed by atoms with E-state index in [1.165, 1.54) is 18.5 Å².